The fourth-order valence-electron chi connectivity index (χ4n) is 4.47. The Labute approximate surface area is 180 Å². The molecule has 2 amide bonds. The molecule has 0 spiro atoms. The van der Waals surface area contributed by atoms with Crippen molar-refractivity contribution in [3.63, 3.8) is 0 Å². The number of carbonyl (C=O) groups is 2. The van der Waals surface area contributed by atoms with E-state index in [-0.39, 0.29) is 29.9 Å². The first-order chi connectivity index (χ1) is 14.6. The summed E-state index contributed by atoms with van der Waals surface area (Å²) in [5.41, 5.74) is 2.00. The summed E-state index contributed by atoms with van der Waals surface area (Å²) in [5.74, 6) is 0.118. The highest BCUT2D eigenvalue weighted by atomic mass is 32.1. The smallest absolute Gasteiger partial charge is 0.239 e. The van der Waals surface area contributed by atoms with Gasteiger partial charge >= 0.3 is 0 Å². The quantitative estimate of drug-likeness (QED) is 0.684. The topological polar surface area (TPSA) is 90.5 Å². The summed E-state index contributed by atoms with van der Waals surface area (Å²) >= 11 is 1.33. The highest BCUT2D eigenvalue weighted by molar-refractivity contribution is 7.03. The molecular weight excluding hydrogens is 400 g/mol. The highest BCUT2D eigenvalue weighted by Gasteiger charge is 2.45. The molecule has 2 aliphatic rings. The van der Waals surface area contributed by atoms with Gasteiger partial charge in [-0.05, 0) is 37.0 Å². The molecule has 1 aromatic heterocycles. The van der Waals surface area contributed by atoms with Crippen molar-refractivity contribution >= 4 is 23.3 Å². The van der Waals surface area contributed by atoms with Gasteiger partial charge in [-0.15, -0.1) is 5.10 Å². The number of likely N-dealkylation sites (tertiary alicyclic amines) is 1. The number of fused-ring (bicyclic) bond motifs is 1. The van der Waals surface area contributed by atoms with E-state index in [1.54, 1.807) is 0 Å². The minimum absolute atomic E-state index is 0.0449. The molecule has 30 heavy (non-hydrogen) atoms. The molecule has 2 aliphatic heterocycles. The number of carbonyl (C=O) groups excluding carboxylic acids is 2. The number of hydrogen-bond acceptors (Lipinski definition) is 7. The molecule has 3 atom stereocenters. The number of hydrogen-bond donors (Lipinski definition) is 2. The van der Waals surface area contributed by atoms with Gasteiger partial charge in [-0.1, -0.05) is 34.8 Å². The van der Waals surface area contributed by atoms with E-state index in [9.17, 15) is 9.59 Å². The molecule has 160 valence electrons. The lowest BCUT2D eigenvalue weighted by Crippen LogP contribution is -2.49. The van der Waals surface area contributed by atoms with E-state index in [0.29, 0.717) is 26.1 Å². The Morgan fingerprint density at radius 1 is 1.33 bits per heavy atom. The number of likely N-dealkylation sites (N-methyl/N-ethyl adjacent to an activating group) is 1. The predicted molar refractivity (Wildman–Crippen MR) is 115 cm³/mol. The van der Waals surface area contributed by atoms with Gasteiger partial charge < -0.3 is 10.6 Å². The molecule has 2 saturated heterocycles. The first-order valence-electron chi connectivity index (χ1n) is 10.4. The first-order valence-corrected chi connectivity index (χ1v) is 11.3. The van der Waals surface area contributed by atoms with Crippen LogP contribution in [0.1, 0.15) is 30.5 Å². The third-order valence-electron chi connectivity index (χ3n) is 6.16. The lowest BCUT2D eigenvalue weighted by atomic mass is 10.0. The van der Waals surface area contributed by atoms with Crippen LogP contribution in [0.2, 0.25) is 0 Å². The zero-order chi connectivity index (χ0) is 20.9. The van der Waals surface area contributed by atoms with Gasteiger partial charge in [0, 0.05) is 50.1 Å². The summed E-state index contributed by atoms with van der Waals surface area (Å²) < 4.78 is 3.92. The standard InChI is InChI=1S/C21H28N6O2S/c1-26-17(7-8-19(28)22-11-15-5-3-2-4-6-15)12-23-21(29)20-18(26)9-10-27(20)13-16-14-30-25-24-16/h2-6,14,17-18,20H,7-13H2,1H3,(H,22,28)(H,23,29). The van der Waals surface area contributed by atoms with E-state index in [2.05, 4.69) is 37.1 Å². The summed E-state index contributed by atoms with van der Waals surface area (Å²) in [6.45, 7) is 2.61. The van der Waals surface area contributed by atoms with Crippen LogP contribution in [-0.2, 0) is 22.7 Å². The average molecular weight is 429 g/mol. The van der Waals surface area contributed by atoms with E-state index in [1.165, 1.54) is 11.5 Å². The second kappa shape index (κ2) is 9.63. The van der Waals surface area contributed by atoms with E-state index in [0.717, 1.165) is 30.6 Å². The second-order valence-electron chi connectivity index (χ2n) is 8.03. The molecule has 0 radical (unpaired) electrons. The Hall–Kier alpha value is -2.36. The van der Waals surface area contributed by atoms with Gasteiger partial charge in [0.25, 0.3) is 0 Å². The molecule has 8 nitrogen and oxygen atoms in total. The zero-order valence-corrected chi connectivity index (χ0v) is 18.0. The fraction of sp³-hybridized carbons (Fsp3) is 0.524. The van der Waals surface area contributed by atoms with Crippen LogP contribution in [-0.4, -0.2) is 69.5 Å². The lowest BCUT2D eigenvalue weighted by molar-refractivity contribution is -0.126. The summed E-state index contributed by atoms with van der Waals surface area (Å²) in [7, 11) is 2.08. The Morgan fingerprint density at radius 2 is 2.17 bits per heavy atom. The molecule has 4 rings (SSSR count). The molecule has 9 heteroatoms. The van der Waals surface area contributed by atoms with Gasteiger partial charge in [0.05, 0.1) is 5.69 Å². The maximum Gasteiger partial charge on any atom is 0.239 e. The molecule has 0 aliphatic carbocycles. The third kappa shape index (κ3) is 4.85. The van der Waals surface area contributed by atoms with E-state index < -0.39 is 0 Å². The summed E-state index contributed by atoms with van der Waals surface area (Å²) in [5, 5.41) is 12.1. The van der Waals surface area contributed by atoms with Crippen molar-refractivity contribution in [1.29, 1.82) is 0 Å². The zero-order valence-electron chi connectivity index (χ0n) is 17.2. The normalized spacial score (nSPS) is 24.8. The Kier molecular flexibility index (Phi) is 6.71. The van der Waals surface area contributed by atoms with Crippen LogP contribution in [0.3, 0.4) is 0 Å². The van der Waals surface area contributed by atoms with Crippen molar-refractivity contribution in [2.24, 2.45) is 0 Å². The molecule has 2 fully saturated rings. The summed E-state index contributed by atoms with van der Waals surface area (Å²) in [4.78, 5) is 29.7. The number of benzene rings is 1. The maximum atomic E-state index is 12.8. The number of rotatable bonds is 7. The van der Waals surface area contributed by atoms with E-state index in [1.807, 2.05) is 35.7 Å². The average Bonchev–Trinajstić information content (AvgIpc) is 3.40. The van der Waals surface area contributed by atoms with Gasteiger partial charge in [0.1, 0.15) is 6.04 Å². The van der Waals surface area contributed by atoms with Crippen molar-refractivity contribution in [3.8, 4) is 0 Å². The van der Waals surface area contributed by atoms with Gasteiger partial charge in [0.15, 0.2) is 0 Å². The van der Waals surface area contributed by atoms with Crippen LogP contribution >= 0.6 is 11.5 Å². The molecule has 3 unspecified atom stereocenters. The van der Waals surface area contributed by atoms with Crippen molar-refractivity contribution in [2.45, 2.75) is 50.5 Å². The summed E-state index contributed by atoms with van der Waals surface area (Å²) in [6.07, 6.45) is 2.10. The van der Waals surface area contributed by atoms with Crippen molar-refractivity contribution in [3.05, 3.63) is 47.0 Å². The second-order valence-corrected chi connectivity index (χ2v) is 8.64. The SMILES string of the molecule is CN1C(CCC(=O)NCc2ccccc2)CNC(=O)C2C1CCN2Cc1csnn1. The minimum Gasteiger partial charge on any atom is -0.353 e. The molecule has 0 bridgehead atoms. The largest absolute Gasteiger partial charge is 0.353 e. The number of nitrogens with zero attached hydrogens (tertiary/aromatic N) is 4. The fourth-order valence-corrected chi connectivity index (χ4v) is 4.91. The highest BCUT2D eigenvalue weighted by Crippen LogP contribution is 2.28. The van der Waals surface area contributed by atoms with Gasteiger partial charge in [0.2, 0.25) is 11.8 Å². The Balaban J connectivity index is 1.31. The van der Waals surface area contributed by atoms with Crippen LogP contribution in [0.5, 0.6) is 0 Å². The van der Waals surface area contributed by atoms with Crippen molar-refractivity contribution in [2.75, 3.05) is 20.1 Å². The minimum atomic E-state index is -0.186. The molecule has 3 heterocycles. The molecule has 1 aromatic carbocycles. The van der Waals surface area contributed by atoms with E-state index >= 15 is 0 Å². The van der Waals surface area contributed by atoms with Crippen molar-refractivity contribution in [1.82, 2.24) is 30.0 Å². The maximum absolute atomic E-state index is 12.8. The lowest BCUT2D eigenvalue weighted by Gasteiger charge is -2.33. The van der Waals surface area contributed by atoms with Gasteiger partial charge in [-0.3, -0.25) is 19.4 Å². The monoisotopic (exact) mass is 428 g/mol. The van der Waals surface area contributed by atoms with Gasteiger partial charge in [-0.2, -0.15) is 0 Å². The summed E-state index contributed by atoms with van der Waals surface area (Å²) in [6, 6.07) is 10.0. The van der Waals surface area contributed by atoms with Crippen LogP contribution in [0, 0.1) is 0 Å². The van der Waals surface area contributed by atoms with Crippen molar-refractivity contribution < 1.29 is 9.59 Å². The first kappa shape index (κ1) is 20.9. The number of amides is 2. The van der Waals surface area contributed by atoms with Crippen LogP contribution in [0.25, 0.3) is 0 Å². The van der Waals surface area contributed by atoms with Crippen LogP contribution < -0.4 is 10.6 Å². The molecule has 2 N–H and O–H groups in total. The van der Waals surface area contributed by atoms with Gasteiger partial charge in [-0.25, -0.2) is 0 Å². The molecule has 2 aromatic rings. The third-order valence-corrected chi connectivity index (χ3v) is 6.71. The molecular formula is C21H28N6O2S. The van der Waals surface area contributed by atoms with Crippen LogP contribution in [0.4, 0.5) is 0 Å². The number of aromatic nitrogens is 2. The Bertz CT molecular complexity index is 846. The molecule has 0 saturated carbocycles. The van der Waals surface area contributed by atoms with Crippen LogP contribution in [0.15, 0.2) is 35.7 Å². The Morgan fingerprint density at radius 3 is 2.93 bits per heavy atom. The predicted octanol–water partition coefficient (Wildman–Crippen LogP) is 1.01. The number of nitrogens with one attached hydrogen (secondary N) is 2. The van der Waals surface area contributed by atoms with E-state index in [4.69, 9.17) is 0 Å².